The maximum Gasteiger partial charge on any atom is 0.248 e. The summed E-state index contributed by atoms with van der Waals surface area (Å²) >= 11 is 0. The van der Waals surface area contributed by atoms with Crippen LogP contribution in [0.3, 0.4) is 0 Å². The van der Waals surface area contributed by atoms with Crippen molar-refractivity contribution in [3.05, 3.63) is 47.0 Å². The minimum atomic E-state index is -2.58. The normalized spacial score (nSPS) is 17.5. The van der Waals surface area contributed by atoms with Crippen LogP contribution in [0, 0.1) is 13.8 Å². The third-order valence-electron chi connectivity index (χ3n) is 7.79. The molecule has 1 fully saturated rings. The van der Waals surface area contributed by atoms with Crippen LogP contribution in [0.1, 0.15) is 75.2 Å². The zero-order chi connectivity index (χ0) is 27.9. The van der Waals surface area contributed by atoms with Gasteiger partial charge in [0.25, 0.3) is 0 Å². The van der Waals surface area contributed by atoms with E-state index in [2.05, 4.69) is 54.5 Å². The van der Waals surface area contributed by atoms with E-state index >= 15 is 0 Å². The predicted octanol–water partition coefficient (Wildman–Crippen LogP) is 6.31. The van der Waals surface area contributed by atoms with Crippen molar-refractivity contribution in [1.82, 2.24) is 29.8 Å². The summed E-state index contributed by atoms with van der Waals surface area (Å²) in [5.74, 6) is -1.27. The van der Waals surface area contributed by atoms with Crippen molar-refractivity contribution < 1.29 is 13.2 Å². The maximum absolute atomic E-state index is 13.8. The summed E-state index contributed by atoms with van der Waals surface area (Å²) in [6.45, 7) is 15.1. The Labute approximate surface area is 225 Å². The number of alkyl halides is 2. The van der Waals surface area contributed by atoms with E-state index in [-0.39, 0.29) is 30.0 Å². The molecule has 0 aliphatic heterocycles. The molecular formula is C27H41F2N7OSi. The number of anilines is 1. The summed E-state index contributed by atoms with van der Waals surface area (Å²) in [5.41, 5.74) is 3.64. The molecule has 4 rings (SSSR count). The van der Waals surface area contributed by atoms with Crippen LogP contribution < -0.4 is 5.32 Å². The van der Waals surface area contributed by atoms with Crippen LogP contribution in [-0.4, -0.2) is 50.0 Å². The van der Waals surface area contributed by atoms with Crippen molar-refractivity contribution in [2.45, 2.75) is 103 Å². The smallest absolute Gasteiger partial charge is 0.248 e. The van der Waals surface area contributed by atoms with E-state index in [1.54, 1.807) is 18.0 Å². The van der Waals surface area contributed by atoms with Gasteiger partial charge in [0, 0.05) is 38.0 Å². The fraction of sp³-hybridized carbons (Fsp3) is 0.630. The highest BCUT2D eigenvalue weighted by Crippen LogP contribution is 2.41. The predicted molar refractivity (Wildman–Crippen MR) is 147 cm³/mol. The van der Waals surface area contributed by atoms with Gasteiger partial charge in [0.15, 0.2) is 14.1 Å². The Morgan fingerprint density at radius 3 is 2.37 bits per heavy atom. The number of aromatic nitrogens is 6. The first-order valence-corrected chi connectivity index (χ1v) is 16.3. The molecule has 1 aliphatic rings. The molecular weight excluding hydrogens is 504 g/mol. The van der Waals surface area contributed by atoms with Gasteiger partial charge in [-0.2, -0.15) is 20.1 Å². The number of nitrogens with zero attached hydrogens (tertiary/aromatic N) is 6. The lowest BCUT2D eigenvalue weighted by Crippen LogP contribution is -2.42. The van der Waals surface area contributed by atoms with Gasteiger partial charge in [0.05, 0.1) is 23.7 Å². The van der Waals surface area contributed by atoms with Crippen molar-refractivity contribution in [2.75, 3.05) is 5.32 Å². The standard InChI is InChI=1S/C27H41F2N7OSi/c1-18-13-19(2)36(33-18)25-15-20(14-24(32-25)31-21-9-11-27(28,29)12-10-21)23(16-22-17-30-35(6)34-22)37-38(7,8)26(3,4)5/h13-15,17,21,23H,9-12,16H2,1-8H3,(H,31,32). The van der Waals surface area contributed by atoms with E-state index in [1.807, 2.05) is 36.7 Å². The summed E-state index contributed by atoms with van der Waals surface area (Å²) in [6.07, 6.45) is 2.61. The largest absolute Gasteiger partial charge is 0.410 e. The van der Waals surface area contributed by atoms with Crippen molar-refractivity contribution >= 4 is 14.1 Å². The molecule has 0 spiro atoms. The molecule has 0 aromatic carbocycles. The van der Waals surface area contributed by atoms with Crippen LogP contribution in [0.15, 0.2) is 24.4 Å². The monoisotopic (exact) mass is 545 g/mol. The van der Waals surface area contributed by atoms with Gasteiger partial charge in [0.2, 0.25) is 5.92 Å². The quantitative estimate of drug-likeness (QED) is 0.334. The SMILES string of the molecule is Cc1cc(C)n(-c2cc(C(Cc3cnn(C)n3)O[Si](C)(C)C(C)(C)C)cc(NC3CCC(F)(F)CC3)n2)n1. The lowest BCUT2D eigenvalue weighted by Gasteiger charge is -2.39. The van der Waals surface area contributed by atoms with Crippen LogP contribution in [0.2, 0.25) is 18.1 Å². The molecule has 1 N–H and O–H groups in total. The Bertz CT molecular complexity index is 1250. The number of aryl methyl sites for hydroxylation is 3. The Morgan fingerprint density at radius 1 is 1.13 bits per heavy atom. The summed E-state index contributed by atoms with van der Waals surface area (Å²) in [4.78, 5) is 6.43. The summed E-state index contributed by atoms with van der Waals surface area (Å²) in [5, 5.41) is 16.9. The summed E-state index contributed by atoms with van der Waals surface area (Å²) < 4.78 is 36.4. The molecule has 1 saturated carbocycles. The molecule has 0 saturated heterocycles. The molecule has 0 bridgehead atoms. The van der Waals surface area contributed by atoms with E-state index in [0.717, 1.165) is 22.6 Å². The van der Waals surface area contributed by atoms with E-state index in [1.165, 1.54) is 0 Å². The van der Waals surface area contributed by atoms with Crippen molar-refractivity contribution in [1.29, 1.82) is 0 Å². The van der Waals surface area contributed by atoms with Crippen molar-refractivity contribution in [3.8, 4) is 5.82 Å². The van der Waals surface area contributed by atoms with Crippen LogP contribution >= 0.6 is 0 Å². The molecule has 3 heterocycles. The Morgan fingerprint density at radius 2 is 1.82 bits per heavy atom. The highest BCUT2D eigenvalue weighted by Gasteiger charge is 2.40. The Kier molecular flexibility index (Phi) is 7.82. The molecule has 1 unspecified atom stereocenters. The maximum atomic E-state index is 13.8. The molecule has 3 aromatic heterocycles. The number of hydrogen-bond donors (Lipinski definition) is 1. The van der Waals surface area contributed by atoms with E-state index in [4.69, 9.17) is 9.41 Å². The molecule has 3 aromatic rings. The van der Waals surface area contributed by atoms with Gasteiger partial charge in [-0.3, -0.25) is 0 Å². The lowest BCUT2D eigenvalue weighted by molar-refractivity contribution is -0.0361. The number of halogens is 2. The molecule has 8 nitrogen and oxygen atoms in total. The lowest BCUT2D eigenvalue weighted by atomic mass is 9.92. The van der Waals surface area contributed by atoms with Gasteiger partial charge in [-0.1, -0.05) is 20.8 Å². The third kappa shape index (κ3) is 6.66. The van der Waals surface area contributed by atoms with Gasteiger partial charge in [-0.15, -0.1) is 0 Å². The third-order valence-corrected chi connectivity index (χ3v) is 12.3. The first-order chi connectivity index (χ1) is 17.6. The Hall–Kier alpha value is -2.66. The van der Waals surface area contributed by atoms with Gasteiger partial charge < -0.3 is 9.74 Å². The fourth-order valence-electron chi connectivity index (χ4n) is 4.59. The number of hydrogen-bond acceptors (Lipinski definition) is 6. The molecule has 11 heteroatoms. The molecule has 1 aliphatic carbocycles. The zero-order valence-corrected chi connectivity index (χ0v) is 24.8. The molecule has 208 valence electrons. The van der Waals surface area contributed by atoms with E-state index < -0.39 is 14.2 Å². The highest BCUT2D eigenvalue weighted by atomic mass is 28.4. The number of pyridine rings is 1. The molecule has 1 atom stereocenters. The Balaban J connectivity index is 1.75. The minimum absolute atomic E-state index is 0.00751. The van der Waals surface area contributed by atoms with Gasteiger partial charge in [-0.25, -0.2) is 18.4 Å². The van der Waals surface area contributed by atoms with Crippen LogP contribution in [0.4, 0.5) is 14.6 Å². The van der Waals surface area contributed by atoms with Crippen LogP contribution in [0.25, 0.3) is 5.82 Å². The minimum Gasteiger partial charge on any atom is -0.410 e. The van der Waals surface area contributed by atoms with Crippen LogP contribution in [0.5, 0.6) is 0 Å². The van der Waals surface area contributed by atoms with Crippen molar-refractivity contribution in [3.63, 3.8) is 0 Å². The second-order valence-corrected chi connectivity index (χ2v) is 16.9. The topological polar surface area (TPSA) is 82.7 Å². The summed E-state index contributed by atoms with van der Waals surface area (Å²) in [6, 6.07) is 5.96. The van der Waals surface area contributed by atoms with Gasteiger partial charge in [-0.05, 0) is 68.6 Å². The fourth-order valence-corrected chi connectivity index (χ4v) is 5.87. The van der Waals surface area contributed by atoms with Gasteiger partial charge in [0.1, 0.15) is 5.82 Å². The second kappa shape index (κ2) is 10.5. The second-order valence-electron chi connectivity index (χ2n) is 12.2. The highest BCUT2D eigenvalue weighted by molar-refractivity contribution is 6.74. The summed E-state index contributed by atoms with van der Waals surface area (Å²) in [7, 11) is -0.377. The van der Waals surface area contributed by atoms with Gasteiger partial charge >= 0.3 is 0 Å². The van der Waals surface area contributed by atoms with Crippen molar-refractivity contribution in [2.24, 2.45) is 7.05 Å². The molecule has 0 amide bonds. The number of nitrogens with one attached hydrogen (secondary N) is 1. The first-order valence-electron chi connectivity index (χ1n) is 13.3. The average Bonchev–Trinajstić information content (AvgIpc) is 3.37. The zero-order valence-electron chi connectivity index (χ0n) is 23.8. The molecule has 38 heavy (non-hydrogen) atoms. The number of rotatable bonds is 8. The van der Waals surface area contributed by atoms with E-state index in [9.17, 15) is 8.78 Å². The first kappa shape index (κ1) is 28.3. The van der Waals surface area contributed by atoms with E-state index in [0.29, 0.717) is 30.9 Å². The van der Waals surface area contributed by atoms with Crippen LogP contribution in [-0.2, 0) is 17.9 Å². The average molecular weight is 546 g/mol. The molecule has 0 radical (unpaired) electrons.